The largest absolute Gasteiger partial charge is 0.412 e. The van der Waals surface area contributed by atoms with E-state index in [1.54, 1.807) is 30.3 Å². The molecule has 2 aromatic rings. The number of benzene rings is 1. The van der Waals surface area contributed by atoms with E-state index in [0.29, 0.717) is 5.56 Å². The Labute approximate surface area is 146 Å². The molecule has 1 aromatic heterocycles. The predicted octanol–water partition coefficient (Wildman–Crippen LogP) is -3.66. The lowest BCUT2D eigenvalue weighted by atomic mass is 10.1. The van der Waals surface area contributed by atoms with Crippen molar-refractivity contribution in [1.29, 1.82) is 0 Å². The molecule has 0 saturated carbocycles. The average molecular weight is 374 g/mol. The molecule has 11 nitrogen and oxygen atoms in total. The van der Waals surface area contributed by atoms with Crippen molar-refractivity contribution in [2.24, 2.45) is 0 Å². The maximum absolute atomic E-state index is 12.0. The fourth-order valence-corrected chi connectivity index (χ4v) is 2.61. The van der Waals surface area contributed by atoms with E-state index in [2.05, 4.69) is 4.98 Å². The second kappa shape index (κ2) is 9.35. The minimum atomic E-state index is -1.40. The second-order valence-electron chi connectivity index (χ2n) is 5.30. The van der Waals surface area contributed by atoms with E-state index < -0.39 is 42.4 Å². The highest BCUT2D eigenvalue weighted by Gasteiger charge is 2.43. The van der Waals surface area contributed by atoms with Crippen LogP contribution in [0.4, 0.5) is 0 Å². The van der Waals surface area contributed by atoms with E-state index in [1.165, 1.54) is 6.20 Å². The quantitative estimate of drug-likeness (QED) is 0.423. The number of nitrogens with zero attached hydrogens (tertiary/aromatic N) is 1. The number of aromatic amines is 1. The Kier molecular flexibility index (Phi) is 8.50. The first-order valence-corrected chi connectivity index (χ1v) is 7.06. The molecular formula is C15H22N2O9. The van der Waals surface area contributed by atoms with Gasteiger partial charge in [0, 0.05) is 6.20 Å². The van der Waals surface area contributed by atoms with Gasteiger partial charge in [-0.15, -0.1) is 0 Å². The molecule has 10 N–H and O–H groups in total. The molecule has 1 saturated heterocycles. The molecule has 11 heteroatoms. The van der Waals surface area contributed by atoms with Gasteiger partial charge in [0.15, 0.2) is 6.23 Å². The number of nitrogens with one attached hydrogen (secondary N) is 1. The van der Waals surface area contributed by atoms with Crippen LogP contribution in [0.1, 0.15) is 6.23 Å². The van der Waals surface area contributed by atoms with Crippen LogP contribution in [0.15, 0.2) is 46.1 Å². The zero-order valence-electron chi connectivity index (χ0n) is 13.5. The van der Waals surface area contributed by atoms with E-state index in [0.717, 1.165) is 4.57 Å². The molecule has 1 aliphatic heterocycles. The third kappa shape index (κ3) is 4.05. The van der Waals surface area contributed by atoms with Crippen molar-refractivity contribution in [3.8, 4) is 11.1 Å². The first-order chi connectivity index (χ1) is 11.0. The minimum absolute atomic E-state index is 0. The Morgan fingerprint density at radius 2 is 1.65 bits per heavy atom. The molecule has 0 unspecified atom stereocenters. The van der Waals surface area contributed by atoms with Crippen LogP contribution in [-0.2, 0) is 4.74 Å². The molecule has 3 rings (SSSR count). The Balaban J connectivity index is 0.00000208. The summed E-state index contributed by atoms with van der Waals surface area (Å²) in [7, 11) is 0. The molecule has 2 heterocycles. The van der Waals surface area contributed by atoms with Gasteiger partial charge in [-0.25, -0.2) is 4.79 Å². The van der Waals surface area contributed by atoms with Crippen LogP contribution < -0.4 is 11.2 Å². The van der Waals surface area contributed by atoms with Crippen LogP contribution in [0, 0.1) is 0 Å². The normalized spacial score (nSPS) is 24.1. The van der Waals surface area contributed by atoms with Gasteiger partial charge in [-0.3, -0.25) is 14.3 Å². The molecule has 0 spiro atoms. The summed E-state index contributed by atoms with van der Waals surface area (Å²) in [6, 6.07) is 8.69. The number of aliphatic hydroxyl groups is 3. The second-order valence-corrected chi connectivity index (χ2v) is 5.30. The molecule has 1 aromatic carbocycles. The van der Waals surface area contributed by atoms with Crippen molar-refractivity contribution in [2.45, 2.75) is 24.5 Å². The van der Waals surface area contributed by atoms with Gasteiger partial charge in [-0.05, 0) is 5.56 Å². The maximum Gasteiger partial charge on any atom is 0.330 e. The van der Waals surface area contributed by atoms with Crippen LogP contribution >= 0.6 is 0 Å². The third-order valence-electron chi connectivity index (χ3n) is 3.84. The summed E-state index contributed by atoms with van der Waals surface area (Å²) >= 11 is 0. The number of rotatable bonds is 3. The lowest BCUT2D eigenvalue weighted by Crippen LogP contribution is -2.38. The van der Waals surface area contributed by atoms with E-state index in [-0.39, 0.29) is 22.0 Å². The Bertz CT molecular complexity index is 805. The topological polar surface area (TPSA) is 219 Å². The van der Waals surface area contributed by atoms with Gasteiger partial charge >= 0.3 is 5.69 Å². The van der Waals surface area contributed by atoms with Gasteiger partial charge in [0.1, 0.15) is 18.3 Å². The summed E-state index contributed by atoms with van der Waals surface area (Å²) in [5.74, 6) is 0. The molecule has 1 aliphatic rings. The highest BCUT2D eigenvalue weighted by atomic mass is 16.6. The van der Waals surface area contributed by atoms with Gasteiger partial charge in [-0.1, -0.05) is 30.3 Å². The summed E-state index contributed by atoms with van der Waals surface area (Å²) in [6.07, 6.45) is -3.66. The lowest BCUT2D eigenvalue weighted by molar-refractivity contribution is -0.0549. The van der Waals surface area contributed by atoms with E-state index in [1.807, 2.05) is 0 Å². The number of hydrogen-bond donors (Lipinski definition) is 4. The van der Waals surface area contributed by atoms with Gasteiger partial charge in [0.2, 0.25) is 0 Å². The summed E-state index contributed by atoms with van der Waals surface area (Å²) in [4.78, 5) is 26.2. The van der Waals surface area contributed by atoms with Crippen LogP contribution in [0.25, 0.3) is 11.1 Å². The van der Waals surface area contributed by atoms with Crippen LogP contribution in [-0.4, -0.2) is 66.2 Å². The average Bonchev–Trinajstić information content (AvgIpc) is 2.84. The number of aromatic nitrogens is 2. The fourth-order valence-electron chi connectivity index (χ4n) is 2.61. The predicted molar refractivity (Wildman–Crippen MR) is 90.6 cm³/mol. The molecule has 0 radical (unpaired) electrons. The Morgan fingerprint density at radius 1 is 1.04 bits per heavy atom. The lowest BCUT2D eigenvalue weighted by Gasteiger charge is -2.18. The molecule has 0 aliphatic carbocycles. The minimum Gasteiger partial charge on any atom is -0.412 e. The van der Waals surface area contributed by atoms with Gasteiger partial charge < -0.3 is 36.5 Å². The summed E-state index contributed by atoms with van der Waals surface area (Å²) in [6.45, 7) is -0.502. The number of H-pyrrole nitrogens is 1. The molecule has 0 bridgehead atoms. The SMILES string of the molecule is O.O.O.O=c1[nH]c(=O)n([C@@H]2O[C@H](CO)[C@@H](O)[C@H]2O)cc1-c1ccccc1. The van der Waals surface area contributed by atoms with E-state index in [9.17, 15) is 19.8 Å². The monoisotopic (exact) mass is 374 g/mol. The van der Waals surface area contributed by atoms with Crippen molar-refractivity contribution in [1.82, 2.24) is 9.55 Å². The first-order valence-electron chi connectivity index (χ1n) is 7.06. The Morgan fingerprint density at radius 3 is 2.19 bits per heavy atom. The smallest absolute Gasteiger partial charge is 0.330 e. The Hall–Kier alpha value is -2.38. The van der Waals surface area contributed by atoms with Crippen molar-refractivity contribution >= 4 is 0 Å². The van der Waals surface area contributed by atoms with E-state index in [4.69, 9.17) is 9.84 Å². The van der Waals surface area contributed by atoms with Gasteiger partial charge in [0.05, 0.1) is 12.2 Å². The summed E-state index contributed by atoms with van der Waals surface area (Å²) < 4.78 is 6.33. The standard InChI is InChI=1S/C15H16N2O6.3H2O/c18-7-10-11(19)12(20)14(23-10)17-6-9(13(21)16-15(17)22)8-4-2-1-3-5-8;;;/h1-6,10-12,14,18-20H,7H2,(H,16,21,22);3*1H2/t10-,11-,12-,14-;;;/m1.../s1. The summed E-state index contributed by atoms with van der Waals surface area (Å²) in [5, 5.41) is 29.0. The number of ether oxygens (including phenoxy) is 1. The van der Waals surface area contributed by atoms with Gasteiger partial charge in [0.25, 0.3) is 5.56 Å². The highest BCUT2D eigenvalue weighted by molar-refractivity contribution is 5.60. The van der Waals surface area contributed by atoms with Crippen LogP contribution in [0.5, 0.6) is 0 Å². The molecule has 0 amide bonds. The molecule has 26 heavy (non-hydrogen) atoms. The van der Waals surface area contributed by atoms with Crippen LogP contribution in [0.3, 0.4) is 0 Å². The zero-order chi connectivity index (χ0) is 16.6. The van der Waals surface area contributed by atoms with E-state index >= 15 is 0 Å². The maximum atomic E-state index is 12.0. The molecular weight excluding hydrogens is 352 g/mol. The van der Waals surface area contributed by atoms with Gasteiger partial charge in [-0.2, -0.15) is 0 Å². The number of hydrogen-bond acceptors (Lipinski definition) is 6. The van der Waals surface area contributed by atoms with Crippen molar-refractivity contribution in [3.63, 3.8) is 0 Å². The zero-order valence-corrected chi connectivity index (χ0v) is 13.5. The first kappa shape index (κ1) is 23.6. The van der Waals surface area contributed by atoms with Crippen molar-refractivity contribution in [3.05, 3.63) is 57.4 Å². The summed E-state index contributed by atoms with van der Waals surface area (Å²) in [5.41, 5.74) is -0.522. The van der Waals surface area contributed by atoms with Crippen LogP contribution in [0.2, 0.25) is 0 Å². The molecule has 4 atom stereocenters. The molecule has 146 valence electrons. The number of aliphatic hydroxyl groups excluding tert-OH is 3. The highest BCUT2D eigenvalue weighted by Crippen LogP contribution is 2.28. The van der Waals surface area contributed by atoms with Crippen molar-refractivity contribution < 1.29 is 36.5 Å². The van der Waals surface area contributed by atoms with Crippen molar-refractivity contribution in [2.75, 3.05) is 6.61 Å². The molecule has 1 fully saturated rings. The fraction of sp³-hybridized carbons (Fsp3) is 0.333. The third-order valence-corrected chi connectivity index (χ3v) is 3.84.